The van der Waals surface area contributed by atoms with E-state index in [1.165, 1.54) is 0 Å². The normalized spacial score (nSPS) is 13.1. The summed E-state index contributed by atoms with van der Waals surface area (Å²) in [5.41, 5.74) is 17.4. The Kier molecular flexibility index (Phi) is 13.9. The molecule has 12 nitrogen and oxygen atoms in total. The van der Waals surface area contributed by atoms with Gasteiger partial charge in [0.1, 0.15) is 18.6 Å². The van der Waals surface area contributed by atoms with Gasteiger partial charge in [0.25, 0.3) is 0 Å². The molecule has 3 unspecified atom stereocenters. The highest BCUT2D eigenvalue weighted by atomic mass is 32.2. The van der Waals surface area contributed by atoms with Gasteiger partial charge in [-0.1, -0.05) is 30.3 Å². The van der Waals surface area contributed by atoms with Crippen molar-refractivity contribution < 1.29 is 24.3 Å². The van der Waals surface area contributed by atoms with Gasteiger partial charge in [0, 0.05) is 13.0 Å². The maximum absolute atomic E-state index is 13.1. The Morgan fingerprint density at radius 1 is 1.00 bits per heavy atom. The third-order valence-electron chi connectivity index (χ3n) is 4.88. The Morgan fingerprint density at radius 3 is 2.26 bits per heavy atom. The maximum Gasteiger partial charge on any atom is 0.322 e. The summed E-state index contributed by atoms with van der Waals surface area (Å²) in [6, 6.07) is 6.08. The number of thioether (sulfide) groups is 1. The minimum absolute atomic E-state index is 0.0906. The van der Waals surface area contributed by atoms with Crippen LogP contribution < -0.4 is 33.2 Å². The molecule has 0 fully saturated rings. The number of carbonyl (C=O) groups excluding carboxylic acids is 3. The van der Waals surface area contributed by atoms with Gasteiger partial charge in [0.15, 0.2) is 5.96 Å². The Bertz CT molecular complexity index is 865. The molecular weight excluding hydrogens is 474 g/mol. The molecular formula is C22H35N7O5S. The van der Waals surface area contributed by atoms with Crippen LogP contribution in [0.1, 0.15) is 24.8 Å². The van der Waals surface area contributed by atoms with Crippen molar-refractivity contribution in [2.75, 3.05) is 25.1 Å². The number of benzene rings is 1. The van der Waals surface area contributed by atoms with Crippen molar-refractivity contribution in [2.45, 2.75) is 43.8 Å². The first-order valence-electron chi connectivity index (χ1n) is 11.1. The zero-order valence-corrected chi connectivity index (χ0v) is 20.6. The third-order valence-corrected chi connectivity index (χ3v) is 5.52. The number of carbonyl (C=O) groups is 4. The number of guanidine groups is 1. The van der Waals surface area contributed by atoms with E-state index in [1.54, 1.807) is 36.0 Å². The summed E-state index contributed by atoms with van der Waals surface area (Å²) < 4.78 is 0. The number of nitrogens with two attached hydrogens (primary N) is 3. The number of hydrogen-bond donors (Lipinski definition) is 7. The molecule has 0 aliphatic rings. The first-order valence-corrected chi connectivity index (χ1v) is 12.5. The zero-order chi connectivity index (χ0) is 26.2. The van der Waals surface area contributed by atoms with Gasteiger partial charge in [-0.25, -0.2) is 0 Å². The number of aliphatic imine (C=N–C) groups is 1. The lowest BCUT2D eigenvalue weighted by molar-refractivity contribution is -0.138. The van der Waals surface area contributed by atoms with Crippen LogP contribution in [-0.2, 0) is 25.6 Å². The number of nitrogens with one attached hydrogen (secondary N) is 3. The lowest BCUT2D eigenvalue weighted by atomic mass is 10.0. The predicted octanol–water partition coefficient (Wildman–Crippen LogP) is -1.47. The smallest absolute Gasteiger partial charge is 0.322 e. The molecule has 0 saturated carbocycles. The number of aliphatic carboxylic acids is 1. The van der Waals surface area contributed by atoms with E-state index in [1.807, 2.05) is 12.3 Å². The molecule has 194 valence electrons. The summed E-state index contributed by atoms with van der Waals surface area (Å²) >= 11 is 1.55. The summed E-state index contributed by atoms with van der Waals surface area (Å²) in [5.74, 6) is -2.38. The zero-order valence-electron chi connectivity index (χ0n) is 19.7. The SMILES string of the molecule is CSCCC(N)C(=O)NC(CCCN=C(N)N)C(=O)NC(Cc1ccccc1)C(=O)NCC(=O)O. The number of carboxylic acids is 1. The van der Waals surface area contributed by atoms with E-state index < -0.39 is 48.4 Å². The molecule has 1 rings (SSSR count). The number of carboxylic acid groups (broad SMARTS) is 1. The van der Waals surface area contributed by atoms with Gasteiger partial charge in [-0.15, -0.1) is 0 Å². The Labute approximate surface area is 208 Å². The van der Waals surface area contributed by atoms with Crippen LogP contribution in [-0.4, -0.2) is 78.0 Å². The molecule has 0 heterocycles. The van der Waals surface area contributed by atoms with Crippen molar-refractivity contribution in [3.63, 3.8) is 0 Å². The lowest BCUT2D eigenvalue weighted by Gasteiger charge is -2.24. The fourth-order valence-electron chi connectivity index (χ4n) is 3.04. The van der Waals surface area contributed by atoms with Crippen molar-refractivity contribution in [1.29, 1.82) is 0 Å². The highest BCUT2D eigenvalue weighted by Crippen LogP contribution is 2.07. The average Bonchev–Trinajstić information content (AvgIpc) is 2.82. The average molecular weight is 510 g/mol. The molecule has 3 atom stereocenters. The number of rotatable bonds is 16. The molecule has 0 aromatic heterocycles. The van der Waals surface area contributed by atoms with Gasteiger partial charge in [-0.3, -0.25) is 24.2 Å². The molecule has 13 heteroatoms. The van der Waals surface area contributed by atoms with Crippen molar-refractivity contribution >= 4 is 41.4 Å². The number of nitrogens with zero attached hydrogens (tertiary/aromatic N) is 1. The Morgan fingerprint density at radius 2 is 1.66 bits per heavy atom. The van der Waals surface area contributed by atoms with Crippen LogP contribution in [0.3, 0.4) is 0 Å². The van der Waals surface area contributed by atoms with Gasteiger partial charge in [-0.05, 0) is 36.8 Å². The van der Waals surface area contributed by atoms with Crippen molar-refractivity contribution in [3.05, 3.63) is 35.9 Å². The molecule has 1 aromatic carbocycles. The van der Waals surface area contributed by atoms with Gasteiger partial charge >= 0.3 is 5.97 Å². The van der Waals surface area contributed by atoms with Crippen molar-refractivity contribution in [2.24, 2.45) is 22.2 Å². The van der Waals surface area contributed by atoms with E-state index >= 15 is 0 Å². The second-order valence-corrected chi connectivity index (χ2v) is 8.75. The summed E-state index contributed by atoms with van der Waals surface area (Å²) in [6.45, 7) is -0.351. The first kappa shape index (κ1) is 29.7. The monoisotopic (exact) mass is 509 g/mol. The molecule has 0 aliphatic carbocycles. The van der Waals surface area contributed by atoms with Crippen molar-refractivity contribution in [1.82, 2.24) is 16.0 Å². The molecule has 0 bridgehead atoms. The molecule has 0 aliphatic heterocycles. The van der Waals surface area contributed by atoms with E-state index in [-0.39, 0.29) is 25.3 Å². The molecule has 1 aromatic rings. The van der Waals surface area contributed by atoms with E-state index in [9.17, 15) is 19.2 Å². The van der Waals surface area contributed by atoms with Gasteiger partial charge < -0.3 is 38.3 Å². The summed E-state index contributed by atoms with van der Waals surface area (Å²) in [4.78, 5) is 53.1. The van der Waals surface area contributed by atoms with E-state index in [2.05, 4.69) is 20.9 Å². The highest BCUT2D eigenvalue weighted by molar-refractivity contribution is 7.98. The molecule has 0 saturated heterocycles. The number of amides is 3. The predicted molar refractivity (Wildman–Crippen MR) is 136 cm³/mol. The fourth-order valence-corrected chi connectivity index (χ4v) is 3.53. The Balaban J connectivity index is 2.99. The van der Waals surface area contributed by atoms with Crippen LogP contribution in [0.15, 0.2) is 35.3 Å². The van der Waals surface area contributed by atoms with Gasteiger partial charge in [-0.2, -0.15) is 11.8 Å². The first-order chi connectivity index (χ1) is 16.6. The molecule has 0 radical (unpaired) electrons. The topological polar surface area (TPSA) is 215 Å². The standard InChI is InChI=1S/C22H35N7O5S/c1-35-11-9-15(23)19(32)28-16(8-5-10-26-22(24)25)21(34)29-17(20(33)27-13-18(30)31)12-14-6-3-2-4-7-14/h2-4,6-7,15-17H,5,8-13,23H2,1H3,(H,27,33)(H,28,32)(H,29,34)(H,30,31)(H4,24,25,26). The Hall–Kier alpha value is -3.32. The molecule has 0 spiro atoms. The minimum atomic E-state index is -1.22. The van der Waals surface area contributed by atoms with Crippen LogP contribution in [0.2, 0.25) is 0 Å². The maximum atomic E-state index is 13.1. The summed E-state index contributed by atoms with van der Waals surface area (Å²) in [6.07, 6.45) is 3.03. The van der Waals surface area contributed by atoms with E-state index in [4.69, 9.17) is 22.3 Å². The van der Waals surface area contributed by atoms with Crippen LogP contribution in [0, 0.1) is 0 Å². The number of hydrogen-bond acceptors (Lipinski definition) is 7. The quantitative estimate of drug-likeness (QED) is 0.0785. The van der Waals surface area contributed by atoms with Crippen LogP contribution in [0.4, 0.5) is 0 Å². The fraction of sp³-hybridized carbons (Fsp3) is 0.500. The minimum Gasteiger partial charge on any atom is -0.480 e. The molecule has 35 heavy (non-hydrogen) atoms. The van der Waals surface area contributed by atoms with Crippen LogP contribution in [0.25, 0.3) is 0 Å². The van der Waals surface area contributed by atoms with Crippen LogP contribution >= 0.6 is 11.8 Å². The molecule has 3 amide bonds. The van der Waals surface area contributed by atoms with Gasteiger partial charge in [0.05, 0.1) is 6.04 Å². The largest absolute Gasteiger partial charge is 0.480 e. The second-order valence-electron chi connectivity index (χ2n) is 7.76. The van der Waals surface area contributed by atoms with Gasteiger partial charge in [0.2, 0.25) is 17.7 Å². The lowest BCUT2D eigenvalue weighted by Crippen LogP contribution is -2.56. The summed E-state index contributed by atoms with van der Waals surface area (Å²) in [5, 5.41) is 16.5. The summed E-state index contributed by atoms with van der Waals surface area (Å²) in [7, 11) is 0. The van der Waals surface area contributed by atoms with E-state index in [0.717, 1.165) is 5.56 Å². The second kappa shape index (κ2) is 16.3. The van der Waals surface area contributed by atoms with Crippen LogP contribution in [0.5, 0.6) is 0 Å². The third kappa shape index (κ3) is 12.6. The molecule has 10 N–H and O–H groups in total. The highest BCUT2D eigenvalue weighted by Gasteiger charge is 2.28. The van der Waals surface area contributed by atoms with Crippen molar-refractivity contribution in [3.8, 4) is 0 Å². The van der Waals surface area contributed by atoms with E-state index in [0.29, 0.717) is 18.6 Å².